The highest BCUT2D eigenvalue weighted by molar-refractivity contribution is 7.99. The van der Waals surface area contributed by atoms with E-state index in [1.807, 2.05) is 0 Å². The fourth-order valence-corrected chi connectivity index (χ4v) is 3.39. The van der Waals surface area contributed by atoms with E-state index in [9.17, 15) is 18.0 Å². The molecule has 11 heteroatoms. The molecule has 0 bridgehead atoms. The summed E-state index contributed by atoms with van der Waals surface area (Å²) in [5.74, 6) is -0.0741. The lowest BCUT2D eigenvalue weighted by Crippen LogP contribution is -2.42. The van der Waals surface area contributed by atoms with E-state index in [-0.39, 0.29) is 27.9 Å². The zero-order valence-electron chi connectivity index (χ0n) is 13.6. The molecule has 1 amide bonds. The zero-order valence-corrected chi connectivity index (χ0v) is 15.3. The van der Waals surface area contributed by atoms with Crippen molar-refractivity contribution < 1.29 is 17.8 Å². The van der Waals surface area contributed by atoms with Gasteiger partial charge in [0.1, 0.15) is 0 Å². The van der Waals surface area contributed by atoms with E-state index in [1.54, 1.807) is 10.6 Å². The summed E-state index contributed by atoms with van der Waals surface area (Å²) in [5, 5.41) is 8.07. The van der Waals surface area contributed by atoms with Crippen LogP contribution in [0, 0.1) is 0 Å². The third-order valence-corrected chi connectivity index (χ3v) is 5.12. The molecule has 0 atom stereocenters. The molecule has 1 aromatic heterocycles. The smallest absolute Gasteiger partial charge is 0.311 e. The lowest BCUT2D eigenvalue weighted by atomic mass is 10.3. The largest absolute Gasteiger partial charge is 0.325 e. The van der Waals surface area contributed by atoms with E-state index in [2.05, 4.69) is 16.9 Å². The first-order valence-corrected chi connectivity index (χ1v) is 9.83. The van der Waals surface area contributed by atoms with Crippen molar-refractivity contribution >= 4 is 39.2 Å². The van der Waals surface area contributed by atoms with Gasteiger partial charge in [-0.05, 0) is 36.0 Å². The van der Waals surface area contributed by atoms with Crippen molar-refractivity contribution in [3.05, 3.63) is 53.3 Å². The number of H-pyrrole nitrogens is 1. The van der Waals surface area contributed by atoms with E-state index in [4.69, 9.17) is 10.9 Å². The topological polar surface area (TPSA) is 152 Å². The van der Waals surface area contributed by atoms with Gasteiger partial charge in [-0.1, -0.05) is 12.7 Å². The molecule has 26 heavy (non-hydrogen) atoms. The summed E-state index contributed by atoms with van der Waals surface area (Å²) in [4.78, 5) is 26.2. The Labute approximate surface area is 154 Å². The number of nitrogen functional groups attached to an aromatic ring is 1. The minimum atomic E-state index is -3.79. The second-order valence-corrected chi connectivity index (χ2v) is 7.69. The van der Waals surface area contributed by atoms with Crippen LogP contribution in [0.25, 0.3) is 0 Å². The van der Waals surface area contributed by atoms with Crippen molar-refractivity contribution in [2.24, 2.45) is 5.14 Å². The normalized spacial score (nSPS) is 11.1. The number of primary sulfonamides is 1. The van der Waals surface area contributed by atoms with E-state index < -0.39 is 10.0 Å². The Balaban J connectivity index is 2.05. The number of aromatic amines is 1. The van der Waals surface area contributed by atoms with Gasteiger partial charge in [0.2, 0.25) is 21.7 Å². The van der Waals surface area contributed by atoms with Crippen molar-refractivity contribution in [3.8, 4) is 0 Å². The number of rotatable bonds is 7. The van der Waals surface area contributed by atoms with Crippen LogP contribution in [0.1, 0.15) is 0 Å². The minimum Gasteiger partial charge on any atom is -0.325 e. The molecule has 0 saturated carbocycles. The molecule has 2 rings (SSSR count). The summed E-state index contributed by atoms with van der Waals surface area (Å²) >= 11 is 1.10. The van der Waals surface area contributed by atoms with E-state index in [1.165, 1.54) is 30.3 Å². The van der Waals surface area contributed by atoms with Gasteiger partial charge in [0.15, 0.2) is 0 Å². The number of aromatic nitrogens is 2. The van der Waals surface area contributed by atoms with Crippen molar-refractivity contribution in [2.45, 2.75) is 16.6 Å². The van der Waals surface area contributed by atoms with Crippen LogP contribution in [0.4, 0.5) is 11.5 Å². The molecule has 2 aromatic rings. The van der Waals surface area contributed by atoms with Crippen LogP contribution in [-0.4, -0.2) is 25.1 Å². The maximum Gasteiger partial charge on any atom is 0.311 e. The van der Waals surface area contributed by atoms with Crippen LogP contribution in [0.15, 0.2) is 57.8 Å². The molecule has 1 aromatic carbocycles. The Kier molecular flexibility index (Phi) is 6.18. The van der Waals surface area contributed by atoms with Gasteiger partial charge in [0.25, 0.3) is 5.16 Å². The van der Waals surface area contributed by atoms with Crippen LogP contribution in [0.2, 0.25) is 0 Å². The summed E-state index contributed by atoms with van der Waals surface area (Å²) in [6.45, 7) is 4.00. The second-order valence-electron chi connectivity index (χ2n) is 5.17. The van der Waals surface area contributed by atoms with Crippen LogP contribution in [0.3, 0.4) is 0 Å². The molecule has 0 aliphatic heterocycles. The number of thioether (sulfide) groups is 1. The maximum absolute atomic E-state index is 12.1. The lowest BCUT2D eigenvalue weighted by Gasteiger charge is -2.08. The summed E-state index contributed by atoms with van der Waals surface area (Å²) in [5.41, 5.74) is 5.86. The predicted molar refractivity (Wildman–Crippen MR) is 99.0 cm³/mol. The van der Waals surface area contributed by atoms with Crippen LogP contribution >= 0.6 is 11.8 Å². The van der Waals surface area contributed by atoms with Gasteiger partial charge >= 0.3 is 5.56 Å². The third-order valence-electron chi connectivity index (χ3n) is 3.18. The van der Waals surface area contributed by atoms with Gasteiger partial charge in [-0.25, -0.2) is 23.1 Å². The summed E-state index contributed by atoms with van der Waals surface area (Å²) in [7, 11) is -3.79. The number of benzene rings is 1. The van der Waals surface area contributed by atoms with E-state index >= 15 is 0 Å². The minimum absolute atomic E-state index is 0.00742. The molecule has 0 saturated heterocycles. The fraction of sp³-hybridized carbons (Fsp3) is 0.133. The molecule has 0 aliphatic carbocycles. The van der Waals surface area contributed by atoms with Crippen LogP contribution in [-0.2, 0) is 21.4 Å². The number of carbonyl (C=O) groups excluding carboxylic acids is 1. The third kappa shape index (κ3) is 5.18. The quantitative estimate of drug-likeness (QED) is 0.220. The molecule has 6 N–H and O–H groups in total. The number of nitrogens with zero attached hydrogens (tertiary/aromatic N) is 1. The number of hydrogen-bond acceptors (Lipinski definition) is 6. The monoisotopic (exact) mass is 396 g/mol. The molecular weight excluding hydrogens is 378 g/mol. The van der Waals surface area contributed by atoms with Crippen molar-refractivity contribution in [1.82, 2.24) is 4.98 Å². The number of carbonyl (C=O) groups is 1. The van der Waals surface area contributed by atoms with Crippen molar-refractivity contribution in [2.75, 3.05) is 16.8 Å². The van der Waals surface area contributed by atoms with Crippen molar-refractivity contribution in [1.29, 1.82) is 0 Å². The van der Waals surface area contributed by atoms with E-state index in [0.29, 0.717) is 17.4 Å². The number of nitrogens with two attached hydrogens (primary N) is 2. The number of allylic oxidation sites excluding steroid dienone is 1. The number of sulfonamides is 1. The number of anilines is 2. The van der Waals surface area contributed by atoms with Crippen LogP contribution in [0.5, 0.6) is 0 Å². The summed E-state index contributed by atoms with van der Waals surface area (Å²) in [6, 6.07) is 6.71. The average Bonchev–Trinajstić information content (AvgIpc) is 2.55. The Bertz CT molecular complexity index is 984. The number of amides is 1. The number of hydrogen-bond donors (Lipinski definition) is 4. The fourth-order valence-electron chi connectivity index (χ4n) is 2.03. The van der Waals surface area contributed by atoms with Gasteiger partial charge < -0.3 is 11.1 Å². The molecule has 9 nitrogen and oxygen atoms in total. The molecule has 1 heterocycles. The molecular formula is C15H18N5O4S2+. The molecule has 138 valence electrons. The lowest BCUT2D eigenvalue weighted by molar-refractivity contribution is -0.714. The van der Waals surface area contributed by atoms with E-state index in [0.717, 1.165) is 11.8 Å². The first-order chi connectivity index (χ1) is 12.2. The van der Waals surface area contributed by atoms with Crippen molar-refractivity contribution in [3.63, 3.8) is 0 Å². The molecule has 0 fully saturated rings. The average molecular weight is 396 g/mol. The Hall–Kier alpha value is -2.63. The first-order valence-electron chi connectivity index (χ1n) is 7.30. The first kappa shape index (κ1) is 19.7. The standard InChI is InChI=1S/C15H17N5O4S2/c1-2-7-20-12(16)8-13(21)19-15(20)25-9-14(22)18-10-3-5-11(6-4-10)26(17,23)24/h2-6,8H,1,7,9H2,(H5,16,17,18,21,22,23,24)/p+1. The second kappa shape index (κ2) is 8.17. The van der Waals surface area contributed by atoms with Gasteiger partial charge in [0, 0.05) is 5.69 Å². The zero-order chi connectivity index (χ0) is 19.3. The molecule has 0 radical (unpaired) electrons. The Morgan fingerprint density at radius 2 is 2.00 bits per heavy atom. The molecule has 0 aliphatic rings. The number of nitrogens with one attached hydrogen (secondary N) is 2. The highest BCUT2D eigenvalue weighted by Gasteiger charge is 2.15. The SMILES string of the molecule is C=CC[n+]1c(N)cc(=O)[nH]c1SCC(=O)Nc1ccc(S(N)(=O)=O)cc1. The Morgan fingerprint density at radius 1 is 1.35 bits per heavy atom. The highest BCUT2D eigenvalue weighted by Crippen LogP contribution is 2.15. The molecule has 0 spiro atoms. The van der Waals surface area contributed by atoms with Gasteiger partial charge in [-0.2, -0.15) is 0 Å². The van der Waals surface area contributed by atoms with Gasteiger partial charge in [-0.15, -0.1) is 0 Å². The maximum atomic E-state index is 12.1. The summed E-state index contributed by atoms with van der Waals surface area (Å²) in [6.07, 6.45) is 1.62. The van der Waals surface area contributed by atoms with Gasteiger partial charge in [0.05, 0.1) is 23.3 Å². The summed E-state index contributed by atoms with van der Waals surface area (Å²) < 4.78 is 24.0. The molecule has 0 unspecified atom stereocenters. The Morgan fingerprint density at radius 3 is 2.58 bits per heavy atom. The highest BCUT2D eigenvalue weighted by atomic mass is 32.2. The predicted octanol–water partition coefficient (Wildman–Crippen LogP) is -0.191. The van der Waals surface area contributed by atoms with Crippen LogP contribution < -0.4 is 26.3 Å². The van der Waals surface area contributed by atoms with Gasteiger partial charge in [-0.3, -0.25) is 9.59 Å².